The van der Waals surface area contributed by atoms with Gasteiger partial charge >= 0.3 is 0 Å². The molecule has 1 N–H and O–H groups in total. The first-order chi connectivity index (χ1) is 10.6. The van der Waals surface area contributed by atoms with Crippen LogP contribution in [0.3, 0.4) is 0 Å². The number of quaternary nitrogens is 1. The summed E-state index contributed by atoms with van der Waals surface area (Å²) in [5.74, 6) is 1.15. The Morgan fingerprint density at radius 3 is 2.50 bits per heavy atom. The number of hydrogen-bond acceptors (Lipinski definition) is 4. The van der Waals surface area contributed by atoms with Crippen molar-refractivity contribution in [3.63, 3.8) is 0 Å². The van der Waals surface area contributed by atoms with Crippen LogP contribution >= 0.6 is 0 Å². The van der Waals surface area contributed by atoms with E-state index in [0.717, 1.165) is 26.1 Å². The third-order valence-electron chi connectivity index (χ3n) is 4.29. The minimum absolute atomic E-state index is 0.289. The number of ether oxygens (including phenoxy) is 2. The lowest BCUT2D eigenvalue weighted by Crippen LogP contribution is -3.14. The third kappa shape index (κ3) is 3.06. The van der Waals surface area contributed by atoms with E-state index in [4.69, 9.17) is 9.47 Å². The molecule has 0 spiro atoms. The lowest BCUT2D eigenvalue weighted by molar-refractivity contribution is -0.901. The highest BCUT2D eigenvalue weighted by Crippen LogP contribution is 2.32. The van der Waals surface area contributed by atoms with Gasteiger partial charge in [-0.1, -0.05) is 0 Å². The fourth-order valence-electron chi connectivity index (χ4n) is 2.85. The van der Waals surface area contributed by atoms with Gasteiger partial charge in [-0.2, -0.15) is 4.31 Å². The van der Waals surface area contributed by atoms with Gasteiger partial charge in [0.1, 0.15) is 0 Å². The smallest absolute Gasteiger partial charge is 0.243 e. The molecule has 0 aliphatic carbocycles. The number of sulfonamides is 1. The van der Waals surface area contributed by atoms with Crippen LogP contribution in [0.4, 0.5) is 0 Å². The van der Waals surface area contributed by atoms with Crippen molar-refractivity contribution < 1.29 is 22.8 Å². The minimum Gasteiger partial charge on any atom is -0.490 e. The second-order valence-corrected chi connectivity index (χ2v) is 7.60. The maximum atomic E-state index is 12.8. The van der Waals surface area contributed by atoms with Crippen LogP contribution in [0.2, 0.25) is 0 Å². The van der Waals surface area contributed by atoms with Gasteiger partial charge in [-0.15, -0.1) is 0 Å². The van der Waals surface area contributed by atoms with E-state index in [1.807, 2.05) is 0 Å². The first-order valence-corrected chi connectivity index (χ1v) is 9.28. The topological polar surface area (TPSA) is 60.3 Å². The number of rotatable bonds is 3. The Bertz CT molecular complexity index is 624. The molecule has 2 aliphatic heterocycles. The summed E-state index contributed by atoms with van der Waals surface area (Å²) < 4.78 is 38.3. The van der Waals surface area contributed by atoms with Gasteiger partial charge < -0.3 is 14.4 Å². The molecule has 0 bridgehead atoms. The average Bonchev–Trinajstić information content (AvgIpc) is 2.79. The lowest BCUT2D eigenvalue weighted by atomic mass is 10.3. The number of hydrogen-bond donors (Lipinski definition) is 1. The summed E-state index contributed by atoms with van der Waals surface area (Å²) in [6, 6.07) is 4.90. The monoisotopic (exact) mass is 327 g/mol. The van der Waals surface area contributed by atoms with Crippen LogP contribution in [0.15, 0.2) is 23.1 Å². The van der Waals surface area contributed by atoms with E-state index in [-0.39, 0.29) is 4.90 Å². The largest absolute Gasteiger partial charge is 0.490 e. The van der Waals surface area contributed by atoms with Gasteiger partial charge in [0.05, 0.1) is 50.8 Å². The minimum atomic E-state index is -3.45. The van der Waals surface area contributed by atoms with Crippen molar-refractivity contribution in [1.82, 2.24) is 4.31 Å². The normalized spacial score (nSPS) is 20.6. The summed E-state index contributed by atoms with van der Waals surface area (Å²) >= 11 is 0. The number of nitrogens with one attached hydrogen (secondary N) is 1. The molecule has 1 aromatic carbocycles. The zero-order chi connectivity index (χ0) is 15.6. The fourth-order valence-corrected chi connectivity index (χ4v) is 4.31. The van der Waals surface area contributed by atoms with Gasteiger partial charge in [0.15, 0.2) is 11.5 Å². The van der Waals surface area contributed by atoms with Crippen LogP contribution in [0.5, 0.6) is 11.5 Å². The number of fused-ring (bicyclic) bond motifs is 1. The predicted molar refractivity (Wildman–Crippen MR) is 82.0 cm³/mol. The van der Waals surface area contributed by atoms with Crippen LogP contribution < -0.4 is 14.4 Å². The quantitative estimate of drug-likeness (QED) is 0.832. The lowest BCUT2D eigenvalue weighted by Gasteiger charge is -2.30. The molecular weight excluding hydrogens is 304 g/mol. The molecule has 0 atom stereocenters. The zero-order valence-electron chi connectivity index (χ0n) is 12.9. The van der Waals surface area contributed by atoms with Crippen molar-refractivity contribution in [3.8, 4) is 11.5 Å². The molecule has 2 aliphatic rings. The number of nitrogens with zero attached hydrogens (tertiary/aromatic N) is 1. The van der Waals surface area contributed by atoms with Crippen LogP contribution in [0.1, 0.15) is 13.3 Å². The fraction of sp³-hybridized carbons (Fsp3) is 0.600. The predicted octanol–water partition coefficient (Wildman–Crippen LogP) is -0.243. The van der Waals surface area contributed by atoms with E-state index in [1.54, 1.807) is 22.5 Å². The van der Waals surface area contributed by atoms with Crippen LogP contribution in [-0.2, 0) is 10.0 Å². The Kier molecular flexibility index (Phi) is 4.56. The van der Waals surface area contributed by atoms with Crippen LogP contribution in [0, 0.1) is 0 Å². The Balaban J connectivity index is 1.82. The van der Waals surface area contributed by atoms with Gasteiger partial charge in [-0.05, 0) is 19.1 Å². The molecule has 122 valence electrons. The maximum absolute atomic E-state index is 12.8. The molecule has 6 nitrogen and oxygen atoms in total. The molecule has 22 heavy (non-hydrogen) atoms. The summed E-state index contributed by atoms with van der Waals surface area (Å²) in [6.07, 6.45) is 0.804. The van der Waals surface area contributed by atoms with Crippen LogP contribution in [-0.4, -0.2) is 58.7 Å². The van der Waals surface area contributed by atoms with Crippen molar-refractivity contribution in [2.45, 2.75) is 18.2 Å². The zero-order valence-corrected chi connectivity index (χ0v) is 13.7. The second-order valence-electron chi connectivity index (χ2n) is 5.67. The molecule has 0 radical (unpaired) electrons. The Hall–Kier alpha value is -1.31. The molecule has 1 fully saturated rings. The second kappa shape index (κ2) is 6.44. The van der Waals surface area contributed by atoms with Crippen molar-refractivity contribution in [1.29, 1.82) is 0 Å². The average molecular weight is 327 g/mol. The van der Waals surface area contributed by atoms with Gasteiger partial charge in [-0.25, -0.2) is 8.42 Å². The first-order valence-electron chi connectivity index (χ1n) is 7.84. The van der Waals surface area contributed by atoms with E-state index < -0.39 is 10.0 Å². The SMILES string of the molecule is CC[NH+]1CCN(S(=O)(=O)c2ccc3c(c2)OCCCO3)CC1. The van der Waals surface area contributed by atoms with E-state index in [1.165, 1.54) is 4.90 Å². The van der Waals surface area contributed by atoms with Gasteiger partial charge in [0, 0.05) is 12.5 Å². The highest BCUT2D eigenvalue weighted by molar-refractivity contribution is 7.89. The molecule has 0 unspecified atom stereocenters. The highest BCUT2D eigenvalue weighted by atomic mass is 32.2. The van der Waals surface area contributed by atoms with E-state index >= 15 is 0 Å². The Morgan fingerprint density at radius 1 is 1.14 bits per heavy atom. The summed E-state index contributed by atoms with van der Waals surface area (Å²) in [5, 5.41) is 0. The molecule has 0 saturated carbocycles. The Morgan fingerprint density at radius 2 is 1.82 bits per heavy atom. The van der Waals surface area contributed by atoms with Crippen molar-refractivity contribution in [3.05, 3.63) is 18.2 Å². The molecule has 0 amide bonds. The van der Waals surface area contributed by atoms with E-state index in [9.17, 15) is 8.42 Å². The molecule has 0 aromatic heterocycles. The molecule has 7 heteroatoms. The van der Waals surface area contributed by atoms with E-state index in [2.05, 4.69) is 6.92 Å². The molecule has 1 saturated heterocycles. The Labute approximate surface area is 131 Å². The number of likely N-dealkylation sites (N-methyl/N-ethyl adjacent to an activating group) is 1. The summed E-state index contributed by atoms with van der Waals surface area (Å²) in [6.45, 7) is 7.18. The molecule has 2 heterocycles. The van der Waals surface area contributed by atoms with Crippen molar-refractivity contribution >= 4 is 10.0 Å². The van der Waals surface area contributed by atoms with E-state index in [0.29, 0.717) is 37.8 Å². The molecular formula is C15H23N2O4S+. The summed E-state index contributed by atoms with van der Waals surface area (Å²) in [7, 11) is -3.45. The summed E-state index contributed by atoms with van der Waals surface area (Å²) in [5.41, 5.74) is 0. The molecule has 1 aromatic rings. The summed E-state index contributed by atoms with van der Waals surface area (Å²) in [4.78, 5) is 1.74. The third-order valence-corrected chi connectivity index (χ3v) is 6.18. The maximum Gasteiger partial charge on any atom is 0.243 e. The number of benzene rings is 1. The van der Waals surface area contributed by atoms with Gasteiger partial charge in [-0.3, -0.25) is 0 Å². The van der Waals surface area contributed by atoms with Gasteiger partial charge in [0.2, 0.25) is 10.0 Å². The van der Waals surface area contributed by atoms with Crippen molar-refractivity contribution in [2.75, 3.05) is 45.9 Å². The standard InChI is InChI=1S/C15H22N2O4S/c1-2-16-6-8-17(9-7-16)22(18,19)13-4-5-14-15(12-13)21-11-3-10-20-14/h4-5,12H,2-3,6-11H2,1H3/p+1. The molecule has 3 rings (SSSR count). The highest BCUT2D eigenvalue weighted by Gasteiger charge is 2.30. The number of piperazine rings is 1. The van der Waals surface area contributed by atoms with Gasteiger partial charge in [0.25, 0.3) is 0 Å². The van der Waals surface area contributed by atoms with Crippen molar-refractivity contribution in [2.24, 2.45) is 0 Å². The first kappa shape index (κ1) is 15.6. The van der Waals surface area contributed by atoms with Crippen LogP contribution in [0.25, 0.3) is 0 Å².